The number of carbonyl (C=O) groups is 2. The number of halogens is 1. The number of nitrogens with one attached hydrogen (secondary N) is 1. The fourth-order valence-corrected chi connectivity index (χ4v) is 2.14. The first-order valence-corrected chi connectivity index (χ1v) is 6.82. The second-order valence-electron chi connectivity index (χ2n) is 4.26. The SMILES string of the molecule is CC(=O)NC(CS)C(=O)N(C)Cc1cccc(Cl)c1. The molecule has 1 atom stereocenters. The lowest BCUT2D eigenvalue weighted by Crippen LogP contribution is -2.47. The second kappa shape index (κ2) is 7.40. The van der Waals surface area contributed by atoms with Crippen molar-refractivity contribution < 1.29 is 9.59 Å². The van der Waals surface area contributed by atoms with E-state index in [4.69, 9.17) is 11.6 Å². The van der Waals surface area contributed by atoms with Gasteiger partial charge in [-0.15, -0.1) is 0 Å². The highest BCUT2D eigenvalue weighted by atomic mass is 35.5. The van der Waals surface area contributed by atoms with E-state index >= 15 is 0 Å². The summed E-state index contributed by atoms with van der Waals surface area (Å²) in [7, 11) is 1.68. The zero-order chi connectivity index (χ0) is 14.4. The van der Waals surface area contributed by atoms with Crippen LogP contribution in [-0.4, -0.2) is 35.6 Å². The molecule has 0 aliphatic heterocycles. The number of hydrogen-bond acceptors (Lipinski definition) is 3. The van der Waals surface area contributed by atoms with Crippen molar-refractivity contribution in [2.75, 3.05) is 12.8 Å². The van der Waals surface area contributed by atoms with Gasteiger partial charge in [0.15, 0.2) is 0 Å². The van der Waals surface area contributed by atoms with E-state index in [0.717, 1.165) is 5.56 Å². The highest BCUT2D eigenvalue weighted by Gasteiger charge is 2.21. The molecule has 0 bridgehead atoms. The van der Waals surface area contributed by atoms with E-state index in [9.17, 15) is 9.59 Å². The predicted octanol–water partition coefficient (Wildman–Crippen LogP) is 1.73. The summed E-state index contributed by atoms with van der Waals surface area (Å²) in [5, 5.41) is 3.21. The van der Waals surface area contributed by atoms with Crippen LogP contribution in [0.5, 0.6) is 0 Å². The molecule has 1 unspecified atom stereocenters. The van der Waals surface area contributed by atoms with E-state index < -0.39 is 6.04 Å². The standard InChI is InChI=1S/C13H17ClN2O2S/c1-9(17)15-12(8-19)13(18)16(2)7-10-4-3-5-11(14)6-10/h3-6,12,19H,7-8H2,1-2H3,(H,15,17). The van der Waals surface area contributed by atoms with Crippen LogP contribution in [-0.2, 0) is 16.1 Å². The average Bonchev–Trinajstić information content (AvgIpc) is 2.34. The molecule has 0 fully saturated rings. The van der Waals surface area contributed by atoms with E-state index in [1.165, 1.54) is 6.92 Å². The molecular weight excluding hydrogens is 284 g/mol. The lowest BCUT2D eigenvalue weighted by Gasteiger charge is -2.23. The summed E-state index contributed by atoms with van der Waals surface area (Å²) in [6.45, 7) is 1.81. The predicted molar refractivity (Wildman–Crippen MR) is 79.4 cm³/mol. The number of hydrogen-bond donors (Lipinski definition) is 2. The molecule has 0 heterocycles. The molecule has 1 aromatic carbocycles. The molecule has 4 nitrogen and oxygen atoms in total. The van der Waals surface area contributed by atoms with Crippen molar-refractivity contribution >= 4 is 36.0 Å². The molecular formula is C13H17ClN2O2S. The van der Waals surface area contributed by atoms with Crippen LogP contribution < -0.4 is 5.32 Å². The van der Waals surface area contributed by atoms with Crippen LogP contribution >= 0.6 is 24.2 Å². The minimum absolute atomic E-state index is 0.176. The summed E-state index contributed by atoms with van der Waals surface area (Å²) in [6.07, 6.45) is 0. The molecule has 0 aliphatic carbocycles. The number of rotatable bonds is 5. The highest BCUT2D eigenvalue weighted by Crippen LogP contribution is 2.12. The van der Waals surface area contributed by atoms with Gasteiger partial charge in [0.2, 0.25) is 11.8 Å². The third-order valence-electron chi connectivity index (χ3n) is 2.54. The van der Waals surface area contributed by atoms with E-state index in [1.807, 2.05) is 12.1 Å². The molecule has 1 N–H and O–H groups in total. The van der Waals surface area contributed by atoms with Crippen LogP contribution in [0, 0.1) is 0 Å². The van der Waals surface area contributed by atoms with Gasteiger partial charge in [-0.2, -0.15) is 12.6 Å². The first kappa shape index (κ1) is 15.9. The van der Waals surface area contributed by atoms with Gasteiger partial charge in [0.25, 0.3) is 0 Å². The molecule has 0 saturated heterocycles. The summed E-state index contributed by atoms with van der Waals surface area (Å²) < 4.78 is 0. The van der Waals surface area contributed by atoms with Gasteiger partial charge in [-0.3, -0.25) is 9.59 Å². The molecule has 0 spiro atoms. The van der Waals surface area contributed by atoms with Crippen LogP contribution in [0.15, 0.2) is 24.3 Å². The fraction of sp³-hybridized carbons (Fsp3) is 0.385. The first-order valence-electron chi connectivity index (χ1n) is 5.81. The van der Waals surface area contributed by atoms with E-state index in [-0.39, 0.29) is 17.6 Å². The molecule has 0 aromatic heterocycles. The largest absolute Gasteiger partial charge is 0.344 e. The van der Waals surface area contributed by atoms with Gasteiger partial charge < -0.3 is 10.2 Å². The van der Waals surface area contributed by atoms with E-state index in [2.05, 4.69) is 17.9 Å². The van der Waals surface area contributed by atoms with Crippen molar-refractivity contribution in [2.24, 2.45) is 0 Å². The normalized spacial score (nSPS) is 11.8. The molecule has 0 radical (unpaired) electrons. The zero-order valence-corrected chi connectivity index (χ0v) is 12.5. The van der Waals surface area contributed by atoms with E-state index in [0.29, 0.717) is 11.6 Å². The van der Waals surface area contributed by atoms with Gasteiger partial charge in [0.05, 0.1) is 0 Å². The highest BCUT2D eigenvalue weighted by molar-refractivity contribution is 7.80. The van der Waals surface area contributed by atoms with Crippen LogP contribution in [0.4, 0.5) is 0 Å². The fourth-order valence-electron chi connectivity index (χ4n) is 1.68. The van der Waals surface area contributed by atoms with Gasteiger partial charge in [-0.25, -0.2) is 0 Å². The number of carbonyl (C=O) groups excluding carboxylic acids is 2. The van der Waals surface area contributed by atoms with Crippen molar-refractivity contribution in [1.29, 1.82) is 0 Å². The van der Waals surface area contributed by atoms with Crippen LogP contribution in [0.1, 0.15) is 12.5 Å². The van der Waals surface area contributed by atoms with E-state index in [1.54, 1.807) is 24.1 Å². The number of benzene rings is 1. The Balaban J connectivity index is 2.68. The zero-order valence-electron chi connectivity index (χ0n) is 10.9. The average molecular weight is 301 g/mol. The number of thiol groups is 1. The van der Waals surface area contributed by atoms with Crippen LogP contribution in [0.25, 0.3) is 0 Å². The number of likely N-dealkylation sites (N-methyl/N-ethyl adjacent to an activating group) is 1. The van der Waals surface area contributed by atoms with Crippen LogP contribution in [0.2, 0.25) is 5.02 Å². The Morgan fingerprint density at radius 2 is 2.16 bits per heavy atom. The molecule has 104 valence electrons. The van der Waals surface area contributed by atoms with Gasteiger partial charge in [-0.05, 0) is 17.7 Å². The van der Waals surface area contributed by atoms with Gasteiger partial charge >= 0.3 is 0 Å². The summed E-state index contributed by atoms with van der Waals surface area (Å²) in [5.41, 5.74) is 0.934. The minimum atomic E-state index is -0.606. The Hall–Kier alpha value is -1.20. The van der Waals surface area contributed by atoms with Gasteiger partial charge in [-0.1, -0.05) is 23.7 Å². The summed E-state index contributed by atoms with van der Waals surface area (Å²) in [6, 6.07) is 6.70. The maximum absolute atomic E-state index is 12.1. The van der Waals surface area contributed by atoms with Crippen molar-refractivity contribution in [3.8, 4) is 0 Å². The molecule has 1 rings (SSSR count). The molecule has 0 saturated carbocycles. The summed E-state index contributed by atoms with van der Waals surface area (Å²) in [4.78, 5) is 24.7. The number of amides is 2. The Morgan fingerprint density at radius 3 is 2.68 bits per heavy atom. The van der Waals surface area contributed by atoms with Crippen molar-refractivity contribution in [2.45, 2.75) is 19.5 Å². The Bertz CT molecular complexity index is 468. The molecule has 1 aromatic rings. The Kier molecular flexibility index (Phi) is 6.18. The van der Waals surface area contributed by atoms with Gasteiger partial charge in [0, 0.05) is 31.3 Å². The lowest BCUT2D eigenvalue weighted by atomic mass is 10.2. The monoisotopic (exact) mass is 300 g/mol. The van der Waals surface area contributed by atoms with Crippen molar-refractivity contribution in [1.82, 2.24) is 10.2 Å². The molecule has 0 aliphatic rings. The number of nitrogens with zero attached hydrogens (tertiary/aromatic N) is 1. The summed E-state index contributed by atoms with van der Waals surface area (Å²) >= 11 is 9.98. The maximum Gasteiger partial charge on any atom is 0.246 e. The van der Waals surface area contributed by atoms with Gasteiger partial charge in [0.1, 0.15) is 6.04 Å². The topological polar surface area (TPSA) is 49.4 Å². The lowest BCUT2D eigenvalue weighted by molar-refractivity contribution is -0.134. The quantitative estimate of drug-likeness (QED) is 0.814. The smallest absolute Gasteiger partial charge is 0.246 e. The third-order valence-corrected chi connectivity index (χ3v) is 3.14. The summed E-state index contributed by atoms with van der Waals surface area (Å²) in [5.74, 6) is -0.160. The van der Waals surface area contributed by atoms with Crippen LogP contribution in [0.3, 0.4) is 0 Å². The first-order chi connectivity index (χ1) is 8.93. The molecule has 2 amide bonds. The second-order valence-corrected chi connectivity index (χ2v) is 5.06. The Morgan fingerprint density at radius 1 is 1.47 bits per heavy atom. The van der Waals surface area contributed by atoms with Crippen molar-refractivity contribution in [3.63, 3.8) is 0 Å². The maximum atomic E-state index is 12.1. The Labute approximate surface area is 123 Å². The van der Waals surface area contributed by atoms with Crippen molar-refractivity contribution in [3.05, 3.63) is 34.9 Å². The molecule has 19 heavy (non-hydrogen) atoms. The third kappa shape index (κ3) is 5.12. The molecule has 6 heteroatoms. The minimum Gasteiger partial charge on any atom is -0.344 e.